The maximum Gasteiger partial charge on any atom is 0.417 e. The van der Waals surface area contributed by atoms with Gasteiger partial charge in [0.25, 0.3) is 11.8 Å². The fraction of sp³-hybridized carbons (Fsp3) is 0.310. The second-order valence-electron chi connectivity index (χ2n) is 15.9. The minimum absolute atomic E-state index is 0.0298. The number of aromatic nitrogens is 1. The van der Waals surface area contributed by atoms with Crippen LogP contribution in [0.25, 0.3) is 0 Å². The molecule has 18 nitrogen and oxygen atoms in total. The third-order valence-electron chi connectivity index (χ3n) is 12.5. The number of anilines is 3. The molecular formula is C42H34Cl2F3N7O11. The molecule has 2 aliphatic heterocycles. The molecule has 0 bridgehead atoms. The topological polar surface area (TPSA) is 228 Å². The second-order valence-corrected chi connectivity index (χ2v) is 16.8. The molecule has 8 rings (SSSR count). The summed E-state index contributed by atoms with van der Waals surface area (Å²) in [6.07, 6.45) is -3.21. The number of rotatable bonds is 10. The van der Waals surface area contributed by atoms with Crippen LogP contribution in [0.15, 0.2) is 72.4 Å². The van der Waals surface area contributed by atoms with Crippen molar-refractivity contribution in [2.75, 3.05) is 43.5 Å². The number of phenols is 1. The van der Waals surface area contributed by atoms with Gasteiger partial charge in [0.05, 0.1) is 63.5 Å². The zero-order chi connectivity index (χ0) is 47.2. The first-order valence-electron chi connectivity index (χ1n) is 19.5. The van der Waals surface area contributed by atoms with Crippen molar-refractivity contribution in [3.05, 3.63) is 119 Å². The number of hydrazine groups is 1. The first-order chi connectivity index (χ1) is 30.7. The van der Waals surface area contributed by atoms with Crippen molar-refractivity contribution >= 4 is 75.4 Å². The molecule has 1 aromatic heterocycles. The first kappa shape index (κ1) is 44.6. The van der Waals surface area contributed by atoms with Crippen LogP contribution in [0.5, 0.6) is 17.2 Å². The van der Waals surface area contributed by atoms with Gasteiger partial charge < -0.3 is 19.5 Å². The maximum atomic E-state index is 15.6. The number of hydrogen-bond donors (Lipinski definition) is 2. The quantitative estimate of drug-likeness (QED) is 0.0694. The monoisotopic (exact) mass is 939 g/mol. The number of hydrogen-bond acceptors (Lipinski definition) is 14. The van der Waals surface area contributed by atoms with E-state index in [1.165, 1.54) is 64.7 Å². The number of methoxy groups -OCH3 is 2. The number of alkyl halides is 3. The number of fused-ring (bicyclic) bond motifs is 4. The van der Waals surface area contributed by atoms with Crippen molar-refractivity contribution in [1.82, 2.24) is 9.99 Å². The molecule has 4 aromatic rings. The smallest absolute Gasteiger partial charge is 0.417 e. The maximum absolute atomic E-state index is 15.6. The lowest BCUT2D eigenvalue weighted by Gasteiger charge is -2.51. The molecular weight excluding hydrogens is 906 g/mol. The van der Waals surface area contributed by atoms with Gasteiger partial charge in [-0.3, -0.25) is 44.8 Å². The van der Waals surface area contributed by atoms with Crippen LogP contribution in [0.4, 0.5) is 41.7 Å². The summed E-state index contributed by atoms with van der Waals surface area (Å²) >= 11 is 12.6. The molecule has 3 fully saturated rings. The number of nitrogens with one attached hydrogen (secondary N) is 1. The van der Waals surface area contributed by atoms with Gasteiger partial charge in [-0.1, -0.05) is 47.0 Å². The summed E-state index contributed by atoms with van der Waals surface area (Å²) in [7, 11) is 5.26. The third-order valence-corrected chi connectivity index (χ3v) is 13.1. The Hall–Kier alpha value is -7.00. The van der Waals surface area contributed by atoms with Crippen LogP contribution in [0, 0.1) is 43.9 Å². The molecule has 2 N–H and O–H groups in total. The van der Waals surface area contributed by atoms with E-state index in [-0.39, 0.29) is 51.9 Å². The lowest BCUT2D eigenvalue weighted by atomic mass is 9.49. The molecule has 2 saturated heterocycles. The van der Waals surface area contributed by atoms with E-state index in [9.17, 15) is 48.1 Å². The van der Waals surface area contributed by atoms with E-state index in [0.717, 1.165) is 17.0 Å². The summed E-state index contributed by atoms with van der Waals surface area (Å²) in [6.45, 7) is 0. The van der Waals surface area contributed by atoms with E-state index < -0.39 is 108 Å². The number of phenolic OH excluding ortho intramolecular Hbond substituents is 1. The number of nitro groups is 2. The number of allylic oxidation sites excluding steroid dienone is 2. The number of halogens is 5. The SMILES string of the molecule is COc1cc(O)cc(OC)c1[C@H]1C2=CC[C@@H]3C(=O)N(c4cc([N+](=O)[O-])c(N(C)C)c([N+](=O)[O-])c4)C(=O)[C@@H]3[C@@H]2C[C@H]2C(=O)N(Nc3ncc(C(F)(F)F)cc3Cl)C(=O)[C@@]12c1ccc(Cl)cc1. The van der Waals surface area contributed by atoms with Crippen molar-refractivity contribution in [3.8, 4) is 17.2 Å². The van der Waals surface area contributed by atoms with Gasteiger partial charge in [-0.05, 0) is 42.5 Å². The van der Waals surface area contributed by atoms with Crippen LogP contribution in [0.1, 0.15) is 35.4 Å². The van der Waals surface area contributed by atoms with Crippen LogP contribution >= 0.6 is 23.2 Å². The average Bonchev–Trinajstić information content (AvgIpc) is 3.63. The standard InChI is InChI=1S/C42H34Cl2F3N7O11/c1-50(2)35-28(53(60)61)12-21(13-29(35)54(62)63)51-37(56)24-10-9-23-25(32(24)39(51)58)16-26-38(57)52(49-36-27(44)11-19(17-48-36)42(45,46)47)40(59)41(26,18-5-7-20(43)8-6-18)34(23)33-30(64-3)14-22(55)15-31(33)65-4/h5-9,11-15,17,24-26,32,34,55H,10,16H2,1-4H3,(H,48,49)/t24-,25+,26-,32-,34+,41+/m0/s1. The summed E-state index contributed by atoms with van der Waals surface area (Å²) in [4.78, 5) is 88.6. The molecule has 4 amide bonds. The number of pyridine rings is 1. The molecule has 6 atom stereocenters. The van der Waals surface area contributed by atoms with Gasteiger partial charge in [0.15, 0.2) is 11.5 Å². The van der Waals surface area contributed by atoms with Gasteiger partial charge >= 0.3 is 17.6 Å². The Balaban J connectivity index is 1.35. The van der Waals surface area contributed by atoms with E-state index >= 15 is 9.59 Å². The Bertz CT molecular complexity index is 2730. The normalized spacial score (nSPS) is 23.7. The predicted molar refractivity (Wildman–Crippen MR) is 225 cm³/mol. The number of ether oxygens (including phenoxy) is 2. The molecule has 0 spiro atoms. The van der Waals surface area contributed by atoms with E-state index in [4.69, 9.17) is 32.7 Å². The molecule has 3 heterocycles. The first-order valence-corrected chi connectivity index (χ1v) is 20.2. The number of benzene rings is 3. The number of nitro benzene ring substituents is 2. The molecule has 0 unspecified atom stereocenters. The molecule has 338 valence electrons. The van der Waals surface area contributed by atoms with Crippen LogP contribution in [0.3, 0.4) is 0 Å². The number of carbonyl (C=O) groups excluding carboxylic acids is 4. The Morgan fingerprint density at radius 3 is 2.03 bits per heavy atom. The molecule has 23 heteroatoms. The van der Waals surface area contributed by atoms with Crippen molar-refractivity contribution in [2.45, 2.75) is 30.4 Å². The lowest BCUT2D eigenvalue weighted by Crippen LogP contribution is -2.53. The Morgan fingerprint density at radius 1 is 0.908 bits per heavy atom. The zero-order valence-corrected chi connectivity index (χ0v) is 35.8. The minimum atomic E-state index is -4.84. The van der Waals surface area contributed by atoms with Gasteiger partial charge in [0.2, 0.25) is 11.8 Å². The minimum Gasteiger partial charge on any atom is -0.508 e. The summed E-state index contributed by atoms with van der Waals surface area (Å²) < 4.78 is 52.4. The number of amides is 4. The summed E-state index contributed by atoms with van der Waals surface area (Å²) in [5.41, 5.74) is -2.36. The largest absolute Gasteiger partial charge is 0.508 e. The van der Waals surface area contributed by atoms with Crippen molar-refractivity contribution in [1.29, 1.82) is 0 Å². The Morgan fingerprint density at radius 2 is 1.51 bits per heavy atom. The third kappa shape index (κ3) is 6.82. The molecule has 1 saturated carbocycles. The van der Waals surface area contributed by atoms with Gasteiger partial charge in [0, 0.05) is 61.1 Å². The van der Waals surface area contributed by atoms with E-state index in [1.807, 2.05) is 0 Å². The Labute approximate surface area is 375 Å². The highest BCUT2D eigenvalue weighted by Gasteiger charge is 2.71. The van der Waals surface area contributed by atoms with E-state index in [1.54, 1.807) is 6.08 Å². The summed E-state index contributed by atoms with van der Waals surface area (Å²) in [5.74, 6) is -10.9. The van der Waals surface area contributed by atoms with E-state index in [2.05, 4.69) is 10.4 Å². The number of aromatic hydroxyl groups is 1. The van der Waals surface area contributed by atoms with Gasteiger partial charge in [0.1, 0.15) is 17.2 Å². The lowest BCUT2D eigenvalue weighted by molar-refractivity contribution is -0.392. The van der Waals surface area contributed by atoms with Crippen molar-refractivity contribution in [3.63, 3.8) is 0 Å². The molecule has 2 aliphatic carbocycles. The molecule has 0 radical (unpaired) electrons. The van der Waals surface area contributed by atoms with Crippen LogP contribution in [-0.4, -0.2) is 76.9 Å². The van der Waals surface area contributed by atoms with E-state index in [0.29, 0.717) is 27.7 Å². The molecule has 3 aromatic carbocycles. The predicted octanol–water partition coefficient (Wildman–Crippen LogP) is 7.20. The number of imide groups is 2. The second kappa shape index (κ2) is 15.9. The van der Waals surface area contributed by atoms with Crippen LogP contribution < -0.4 is 24.7 Å². The zero-order valence-electron chi connectivity index (χ0n) is 34.3. The Kier molecular flexibility index (Phi) is 10.9. The number of carbonyl (C=O) groups is 4. The van der Waals surface area contributed by atoms with Crippen molar-refractivity contribution in [2.24, 2.45) is 23.7 Å². The van der Waals surface area contributed by atoms with Crippen LogP contribution in [-0.2, 0) is 30.8 Å². The molecule has 4 aliphatic rings. The van der Waals surface area contributed by atoms with Gasteiger partial charge in [-0.15, -0.1) is 0 Å². The van der Waals surface area contributed by atoms with Crippen molar-refractivity contribution < 1.29 is 56.8 Å². The summed E-state index contributed by atoms with van der Waals surface area (Å²) in [6, 6.07) is 10.8. The molecule has 65 heavy (non-hydrogen) atoms. The highest BCUT2D eigenvalue weighted by Crippen LogP contribution is 2.66. The van der Waals surface area contributed by atoms with Gasteiger partial charge in [-0.25, -0.2) is 9.88 Å². The fourth-order valence-corrected chi connectivity index (χ4v) is 10.4. The van der Waals surface area contributed by atoms with Crippen LogP contribution in [0.2, 0.25) is 10.0 Å². The highest BCUT2D eigenvalue weighted by molar-refractivity contribution is 6.33. The average molecular weight is 941 g/mol. The highest BCUT2D eigenvalue weighted by atomic mass is 35.5. The van der Waals surface area contributed by atoms with Gasteiger partial charge in [-0.2, -0.15) is 18.2 Å². The summed E-state index contributed by atoms with van der Waals surface area (Å²) in [5, 5.41) is 35.6. The number of nitrogens with zero attached hydrogens (tertiary/aromatic N) is 6. The fourth-order valence-electron chi connectivity index (χ4n) is 10.0.